The molecule has 0 spiro atoms. The number of hydrogen-bond donors (Lipinski definition) is 1. The van der Waals surface area contributed by atoms with E-state index in [-0.39, 0.29) is 17.7 Å². The van der Waals surface area contributed by atoms with E-state index in [1.54, 1.807) is 9.80 Å². The van der Waals surface area contributed by atoms with Crippen molar-refractivity contribution in [2.75, 3.05) is 39.4 Å². The summed E-state index contributed by atoms with van der Waals surface area (Å²) in [7, 11) is 0. The van der Waals surface area contributed by atoms with Crippen LogP contribution in [0.15, 0.2) is 24.3 Å². The molecular weight excluding hydrogens is 284 g/mol. The Morgan fingerprint density at radius 1 is 1.14 bits per heavy atom. The second-order valence-electron chi connectivity index (χ2n) is 5.68. The van der Waals surface area contributed by atoms with Crippen LogP contribution in [0.2, 0.25) is 0 Å². The Balaban J connectivity index is 1.58. The second kappa shape index (κ2) is 6.36. The Hall–Kier alpha value is -2.08. The van der Waals surface area contributed by atoms with Gasteiger partial charge in [0.1, 0.15) is 19.0 Å². The van der Waals surface area contributed by atoms with Crippen molar-refractivity contribution in [3.8, 4) is 5.75 Å². The molecule has 0 bridgehead atoms. The van der Waals surface area contributed by atoms with E-state index in [1.807, 2.05) is 24.3 Å². The number of para-hydroxylation sites is 1. The molecule has 1 unspecified atom stereocenters. The lowest BCUT2D eigenvalue weighted by Crippen LogP contribution is -2.53. The van der Waals surface area contributed by atoms with E-state index in [4.69, 9.17) is 9.84 Å². The highest BCUT2D eigenvalue weighted by molar-refractivity contribution is 5.81. The molecule has 2 amide bonds. The minimum atomic E-state index is -0.471. The van der Waals surface area contributed by atoms with Crippen LogP contribution >= 0.6 is 0 Å². The van der Waals surface area contributed by atoms with Crippen LogP contribution in [-0.4, -0.2) is 66.1 Å². The van der Waals surface area contributed by atoms with E-state index in [2.05, 4.69) is 0 Å². The summed E-state index contributed by atoms with van der Waals surface area (Å²) in [6.45, 7) is 1.93. The Morgan fingerprint density at radius 3 is 2.55 bits per heavy atom. The first-order valence-corrected chi connectivity index (χ1v) is 7.57. The molecule has 6 heteroatoms. The van der Waals surface area contributed by atoms with Crippen molar-refractivity contribution >= 4 is 11.8 Å². The average molecular weight is 304 g/mol. The maximum absolute atomic E-state index is 12.6. The fourth-order valence-corrected chi connectivity index (χ4v) is 3.02. The molecule has 1 N–H and O–H groups in total. The van der Waals surface area contributed by atoms with Gasteiger partial charge >= 0.3 is 0 Å². The summed E-state index contributed by atoms with van der Waals surface area (Å²) in [5.74, 6) is 0.521. The number of carbonyl (C=O) groups is 2. The first-order chi connectivity index (χ1) is 10.7. The zero-order valence-corrected chi connectivity index (χ0v) is 12.4. The highest BCUT2D eigenvalue weighted by Gasteiger charge is 2.31. The molecule has 2 aliphatic heterocycles. The van der Waals surface area contributed by atoms with Crippen LogP contribution in [0.3, 0.4) is 0 Å². The molecule has 2 aliphatic rings. The van der Waals surface area contributed by atoms with Crippen LogP contribution in [0.1, 0.15) is 5.56 Å². The van der Waals surface area contributed by atoms with Gasteiger partial charge in [0, 0.05) is 26.2 Å². The number of amides is 2. The normalized spacial score (nSPS) is 21.0. The smallest absolute Gasteiger partial charge is 0.248 e. The van der Waals surface area contributed by atoms with Gasteiger partial charge in [-0.05, 0) is 18.1 Å². The first kappa shape index (κ1) is 14.8. The Kier molecular flexibility index (Phi) is 4.29. The number of ether oxygens (including phenoxy) is 1. The predicted octanol–water partition coefficient (Wildman–Crippen LogP) is -0.0992. The van der Waals surface area contributed by atoms with Crippen LogP contribution < -0.4 is 4.74 Å². The predicted molar refractivity (Wildman–Crippen MR) is 79.4 cm³/mol. The van der Waals surface area contributed by atoms with Crippen molar-refractivity contribution in [1.82, 2.24) is 9.80 Å². The topological polar surface area (TPSA) is 70.1 Å². The molecule has 0 saturated carbocycles. The van der Waals surface area contributed by atoms with E-state index in [9.17, 15) is 9.59 Å². The van der Waals surface area contributed by atoms with Crippen LogP contribution in [0.25, 0.3) is 0 Å². The maximum Gasteiger partial charge on any atom is 0.248 e. The number of hydrogen-bond acceptors (Lipinski definition) is 4. The van der Waals surface area contributed by atoms with Crippen LogP contribution in [0, 0.1) is 5.92 Å². The number of benzene rings is 1. The quantitative estimate of drug-likeness (QED) is 0.828. The third-order valence-electron chi connectivity index (χ3n) is 4.31. The summed E-state index contributed by atoms with van der Waals surface area (Å²) in [6.07, 6.45) is 0.699. The lowest BCUT2D eigenvalue weighted by atomic mass is 9.95. The zero-order valence-electron chi connectivity index (χ0n) is 12.4. The van der Waals surface area contributed by atoms with E-state index < -0.39 is 6.61 Å². The fourth-order valence-electron chi connectivity index (χ4n) is 3.02. The molecule has 118 valence electrons. The third kappa shape index (κ3) is 2.92. The van der Waals surface area contributed by atoms with Gasteiger partial charge in [0.25, 0.3) is 0 Å². The third-order valence-corrected chi connectivity index (χ3v) is 4.31. The number of carbonyl (C=O) groups excluding carboxylic acids is 2. The lowest BCUT2D eigenvalue weighted by Gasteiger charge is -2.37. The lowest BCUT2D eigenvalue weighted by molar-refractivity contribution is -0.144. The van der Waals surface area contributed by atoms with Gasteiger partial charge in [-0.3, -0.25) is 9.59 Å². The fraction of sp³-hybridized carbons (Fsp3) is 0.500. The van der Waals surface area contributed by atoms with Gasteiger partial charge < -0.3 is 19.6 Å². The van der Waals surface area contributed by atoms with Crippen molar-refractivity contribution in [3.05, 3.63) is 29.8 Å². The minimum absolute atomic E-state index is 0.0885. The van der Waals surface area contributed by atoms with Gasteiger partial charge in [-0.1, -0.05) is 18.2 Å². The molecular formula is C16H20N2O4. The van der Waals surface area contributed by atoms with Gasteiger partial charge in [0.2, 0.25) is 11.8 Å². The largest absolute Gasteiger partial charge is 0.492 e. The molecule has 1 fully saturated rings. The number of rotatable bonds is 2. The minimum Gasteiger partial charge on any atom is -0.492 e. The summed E-state index contributed by atoms with van der Waals surface area (Å²) in [5.41, 5.74) is 1.07. The molecule has 0 aliphatic carbocycles. The Bertz CT molecular complexity index is 567. The average Bonchev–Trinajstić information content (AvgIpc) is 2.60. The standard InChI is InChI=1S/C16H20N2O4/c19-10-15(20)17-5-7-18(8-6-17)16(21)13-9-12-3-1-2-4-14(12)22-11-13/h1-4,13,19H,5-11H2. The van der Waals surface area contributed by atoms with Crippen molar-refractivity contribution < 1.29 is 19.4 Å². The molecule has 1 atom stereocenters. The maximum atomic E-state index is 12.6. The Labute approximate surface area is 129 Å². The van der Waals surface area contributed by atoms with E-state index in [1.165, 1.54) is 0 Å². The van der Waals surface area contributed by atoms with E-state index in [0.717, 1.165) is 11.3 Å². The summed E-state index contributed by atoms with van der Waals surface area (Å²) < 4.78 is 5.68. The Morgan fingerprint density at radius 2 is 1.82 bits per heavy atom. The summed E-state index contributed by atoms with van der Waals surface area (Å²) >= 11 is 0. The zero-order chi connectivity index (χ0) is 15.5. The number of nitrogens with zero attached hydrogens (tertiary/aromatic N) is 2. The number of fused-ring (bicyclic) bond motifs is 1. The number of piperazine rings is 1. The molecule has 1 aromatic rings. The summed E-state index contributed by atoms with van der Waals surface area (Å²) in [4.78, 5) is 27.4. The second-order valence-corrected chi connectivity index (χ2v) is 5.68. The molecule has 0 aromatic heterocycles. The molecule has 22 heavy (non-hydrogen) atoms. The molecule has 1 aromatic carbocycles. The van der Waals surface area contributed by atoms with E-state index in [0.29, 0.717) is 39.2 Å². The molecule has 0 radical (unpaired) electrons. The van der Waals surface area contributed by atoms with Crippen LogP contribution in [-0.2, 0) is 16.0 Å². The number of aliphatic hydroxyl groups excluding tert-OH is 1. The van der Waals surface area contributed by atoms with E-state index >= 15 is 0 Å². The monoisotopic (exact) mass is 304 g/mol. The van der Waals surface area contributed by atoms with Crippen molar-refractivity contribution in [3.63, 3.8) is 0 Å². The van der Waals surface area contributed by atoms with Crippen LogP contribution in [0.4, 0.5) is 0 Å². The van der Waals surface area contributed by atoms with Gasteiger partial charge in [-0.25, -0.2) is 0 Å². The highest BCUT2D eigenvalue weighted by Crippen LogP contribution is 2.27. The molecule has 1 saturated heterocycles. The summed E-state index contributed by atoms with van der Waals surface area (Å²) in [5, 5.41) is 8.87. The highest BCUT2D eigenvalue weighted by atomic mass is 16.5. The van der Waals surface area contributed by atoms with Crippen molar-refractivity contribution in [2.24, 2.45) is 5.92 Å². The molecule has 3 rings (SSSR count). The SMILES string of the molecule is O=C(CO)N1CCN(C(=O)C2COc3ccccc3C2)CC1. The van der Waals surface area contributed by atoms with Gasteiger partial charge in [0.05, 0.1) is 5.92 Å². The van der Waals surface area contributed by atoms with Crippen molar-refractivity contribution in [2.45, 2.75) is 6.42 Å². The van der Waals surface area contributed by atoms with Gasteiger partial charge in [-0.15, -0.1) is 0 Å². The summed E-state index contributed by atoms with van der Waals surface area (Å²) in [6, 6.07) is 7.80. The number of aliphatic hydroxyl groups is 1. The molecule has 2 heterocycles. The van der Waals surface area contributed by atoms with Gasteiger partial charge in [0.15, 0.2) is 0 Å². The first-order valence-electron chi connectivity index (χ1n) is 7.57. The van der Waals surface area contributed by atoms with Gasteiger partial charge in [-0.2, -0.15) is 0 Å². The molecule has 6 nitrogen and oxygen atoms in total. The van der Waals surface area contributed by atoms with Crippen molar-refractivity contribution in [1.29, 1.82) is 0 Å². The van der Waals surface area contributed by atoms with Crippen LogP contribution in [0.5, 0.6) is 5.75 Å².